The SMILES string of the molecule is COC(=O)C1C/C1=C\n1c(N)ccnc1=O. The number of carbonyl (C=O) groups is 1. The van der Waals surface area contributed by atoms with E-state index in [4.69, 9.17) is 5.73 Å². The van der Waals surface area contributed by atoms with E-state index in [0.717, 1.165) is 5.57 Å². The van der Waals surface area contributed by atoms with Crippen LogP contribution in [0.4, 0.5) is 5.82 Å². The summed E-state index contributed by atoms with van der Waals surface area (Å²) in [6, 6.07) is 1.52. The van der Waals surface area contributed by atoms with E-state index in [9.17, 15) is 9.59 Å². The van der Waals surface area contributed by atoms with E-state index in [1.807, 2.05) is 0 Å². The summed E-state index contributed by atoms with van der Waals surface area (Å²) in [7, 11) is 1.34. The highest BCUT2D eigenvalue weighted by atomic mass is 16.5. The van der Waals surface area contributed by atoms with Crippen molar-refractivity contribution >= 4 is 18.0 Å². The standard InChI is InChI=1S/C10H11N3O3/c1-16-9(14)7-4-6(7)5-13-8(11)2-3-12-10(13)15/h2-3,5,7H,4,11H2,1H3/b6-5+. The molecule has 1 heterocycles. The zero-order valence-corrected chi connectivity index (χ0v) is 8.71. The van der Waals surface area contributed by atoms with Gasteiger partial charge >= 0.3 is 11.7 Å². The van der Waals surface area contributed by atoms with Crippen LogP contribution < -0.4 is 11.4 Å². The number of ether oxygens (including phenoxy) is 1. The van der Waals surface area contributed by atoms with Crippen molar-refractivity contribution in [2.75, 3.05) is 12.8 Å². The molecule has 1 fully saturated rings. The number of anilines is 1. The first-order chi connectivity index (χ1) is 7.63. The summed E-state index contributed by atoms with van der Waals surface area (Å²) >= 11 is 0. The van der Waals surface area contributed by atoms with Gasteiger partial charge in [-0.05, 0) is 18.1 Å². The van der Waals surface area contributed by atoms with Crippen LogP contribution in [-0.2, 0) is 9.53 Å². The van der Waals surface area contributed by atoms with Crippen LogP contribution in [0.2, 0.25) is 0 Å². The van der Waals surface area contributed by atoms with Crippen molar-refractivity contribution in [3.63, 3.8) is 0 Å². The van der Waals surface area contributed by atoms with Crippen LogP contribution in [0.1, 0.15) is 6.42 Å². The highest BCUT2D eigenvalue weighted by Crippen LogP contribution is 2.39. The number of hydrogen-bond acceptors (Lipinski definition) is 5. The Morgan fingerprint density at radius 3 is 3.12 bits per heavy atom. The molecule has 1 aromatic rings. The quantitative estimate of drug-likeness (QED) is 0.702. The molecule has 0 amide bonds. The smallest absolute Gasteiger partial charge is 0.353 e. The van der Waals surface area contributed by atoms with Crippen LogP contribution in [-0.4, -0.2) is 22.6 Å². The van der Waals surface area contributed by atoms with Gasteiger partial charge in [0.2, 0.25) is 0 Å². The molecular formula is C10H11N3O3. The van der Waals surface area contributed by atoms with Gasteiger partial charge in [-0.2, -0.15) is 0 Å². The number of methoxy groups -OCH3 is 1. The van der Waals surface area contributed by atoms with Gasteiger partial charge in [-0.15, -0.1) is 0 Å². The van der Waals surface area contributed by atoms with Crippen LogP contribution in [0.3, 0.4) is 0 Å². The average Bonchev–Trinajstić information content (AvgIpc) is 3.02. The first-order valence-electron chi connectivity index (χ1n) is 4.75. The van der Waals surface area contributed by atoms with Crippen LogP contribution in [0.5, 0.6) is 0 Å². The normalized spacial score (nSPS) is 20.8. The Bertz CT molecular complexity index is 518. The molecule has 1 atom stereocenters. The molecule has 1 aliphatic rings. The second kappa shape index (κ2) is 3.80. The third kappa shape index (κ3) is 1.81. The molecule has 6 nitrogen and oxygen atoms in total. The highest BCUT2D eigenvalue weighted by molar-refractivity contribution is 5.82. The van der Waals surface area contributed by atoms with Gasteiger partial charge in [-0.3, -0.25) is 9.36 Å². The Morgan fingerprint density at radius 1 is 1.75 bits per heavy atom. The number of rotatable bonds is 2. The van der Waals surface area contributed by atoms with Gasteiger partial charge in [0.1, 0.15) is 5.82 Å². The van der Waals surface area contributed by atoms with Gasteiger partial charge in [0.05, 0.1) is 13.0 Å². The van der Waals surface area contributed by atoms with Crippen LogP contribution in [0.25, 0.3) is 6.20 Å². The Labute approximate surface area is 91.4 Å². The van der Waals surface area contributed by atoms with E-state index in [1.54, 1.807) is 6.20 Å². The molecule has 6 heteroatoms. The van der Waals surface area contributed by atoms with Crippen molar-refractivity contribution in [3.05, 3.63) is 28.3 Å². The Hall–Kier alpha value is -2.11. The molecule has 0 aromatic carbocycles. The van der Waals surface area contributed by atoms with Crippen LogP contribution >= 0.6 is 0 Å². The molecule has 2 N–H and O–H groups in total. The van der Waals surface area contributed by atoms with Gasteiger partial charge in [-0.25, -0.2) is 9.78 Å². The van der Waals surface area contributed by atoms with Crippen molar-refractivity contribution in [2.24, 2.45) is 5.92 Å². The summed E-state index contributed by atoms with van der Waals surface area (Å²) in [5.41, 5.74) is 5.99. The zero-order chi connectivity index (χ0) is 11.7. The van der Waals surface area contributed by atoms with Gasteiger partial charge in [-0.1, -0.05) is 0 Å². The summed E-state index contributed by atoms with van der Waals surface area (Å²) in [4.78, 5) is 26.1. The lowest BCUT2D eigenvalue weighted by Crippen LogP contribution is -2.20. The Morgan fingerprint density at radius 2 is 2.50 bits per heavy atom. The molecule has 0 spiro atoms. The van der Waals surface area contributed by atoms with E-state index in [2.05, 4.69) is 9.72 Å². The largest absolute Gasteiger partial charge is 0.469 e. The molecule has 0 radical (unpaired) electrons. The Kier molecular flexibility index (Phi) is 2.47. The van der Waals surface area contributed by atoms with E-state index in [1.165, 1.54) is 23.9 Å². The van der Waals surface area contributed by atoms with Gasteiger partial charge in [0.15, 0.2) is 0 Å². The van der Waals surface area contributed by atoms with Gasteiger partial charge in [0, 0.05) is 12.4 Å². The first-order valence-corrected chi connectivity index (χ1v) is 4.75. The fourth-order valence-corrected chi connectivity index (χ4v) is 1.42. The number of hydrogen-bond donors (Lipinski definition) is 1. The monoisotopic (exact) mass is 221 g/mol. The minimum absolute atomic E-state index is 0.239. The lowest BCUT2D eigenvalue weighted by molar-refractivity contribution is -0.141. The molecule has 1 aliphatic carbocycles. The summed E-state index contributed by atoms with van der Waals surface area (Å²) in [5.74, 6) is -0.235. The van der Waals surface area contributed by atoms with Crippen LogP contribution in [0, 0.1) is 5.92 Å². The van der Waals surface area contributed by atoms with Crippen molar-refractivity contribution in [1.82, 2.24) is 9.55 Å². The fraction of sp³-hybridized carbons (Fsp3) is 0.300. The molecule has 1 saturated carbocycles. The average molecular weight is 221 g/mol. The summed E-state index contributed by atoms with van der Waals surface area (Å²) in [6.45, 7) is 0. The topological polar surface area (TPSA) is 87.2 Å². The van der Waals surface area contributed by atoms with Crippen molar-refractivity contribution < 1.29 is 9.53 Å². The van der Waals surface area contributed by atoms with E-state index in [0.29, 0.717) is 12.2 Å². The molecule has 0 aliphatic heterocycles. The first kappa shape index (κ1) is 10.4. The number of nitrogens with two attached hydrogens (primary N) is 1. The van der Waals surface area contributed by atoms with E-state index >= 15 is 0 Å². The minimum Gasteiger partial charge on any atom is -0.469 e. The predicted molar refractivity (Wildman–Crippen MR) is 57.3 cm³/mol. The highest BCUT2D eigenvalue weighted by Gasteiger charge is 2.38. The fourth-order valence-electron chi connectivity index (χ4n) is 1.42. The maximum Gasteiger partial charge on any atom is 0.353 e. The molecule has 84 valence electrons. The number of carbonyl (C=O) groups excluding carboxylic acids is 1. The molecule has 2 rings (SSSR count). The van der Waals surface area contributed by atoms with E-state index < -0.39 is 5.69 Å². The Balaban J connectivity index is 2.27. The molecule has 0 saturated heterocycles. The predicted octanol–water partition coefficient (Wildman–Crippen LogP) is -0.141. The third-order valence-electron chi connectivity index (χ3n) is 2.42. The lowest BCUT2D eigenvalue weighted by Gasteiger charge is -2.00. The lowest BCUT2D eigenvalue weighted by atomic mass is 10.4. The molecule has 16 heavy (non-hydrogen) atoms. The number of nitrogen functional groups attached to an aromatic ring is 1. The van der Waals surface area contributed by atoms with Gasteiger partial charge in [0.25, 0.3) is 0 Å². The van der Waals surface area contributed by atoms with Crippen molar-refractivity contribution in [2.45, 2.75) is 6.42 Å². The number of nitrogens with zero attached hydrogens (tertiary/aromatic N) is 2. The van der Waals surface area contributed by atoms with E-state index in [-0.39, 0.29) is 11.9 Å². The van der Waals surface area contributed by atoms with Crippen LogP contribution in [0.15, 0.2) is 22.6 Å². The maximum atomic E-state index is 11.4. The zero-order valence-electron chi connectivity index (χ0n) is 8.71. The summed E-state index contributed by atoms with van der Waals surface area (Å²) < 4.78 is 5.81. The third-order valence-corrected chi connectivity index (χ3v) is 2.42. The van der Waals surface area contributed by atoms with Gasteiger partial charge < -0.3 is 10.5 Å². The number of esters is 1. The number of aromatic nitrogens is 2. The summed E-state index contributed by atoms with van der Waals surface area (Å²) in [6.07, 6.45) is 3.50. The second-order valence-corrected chi connectivity index (χ2v) is 3.51. The second-order valence-electron chi connectivity index (χ2n) is 3.51. The summed E-state index contributed by atoms with van der Waals surface area (Å²) in [5, 5.41) is 0. The minimum atomic E-state index is -0.456. The molecular weight excluding hydrogens is 210 g/mol. The van der Waals surface area contributed by atoms with Crippen molar-refractivity contribution in [3.8, 4) is 0 Å². The maximum absolute atomic E-state index is 11.4. The molecule has 0 bridgehead atoms. The molecule has 1 aromatic heterocycles. The molecule has 1 unspecified atom stereocenters. The van der Waals surface area contributed by atoms with Crippen molar-refractivity contribution in [1.29, 1.82) is 0 Å².